The van der Waals surface area contributed by atoms with Crippen LogP contribution in [0.15, 0.2) is 53.4 Å². The lowest BCUT2D eigenvalue weighted by Crippen LogP contribution is -2.36. The van der Waals surface area contributed by atoms with Crippen molar-refractivity contribution in [2.45, 2.75) is 37.0 Å². The lowest BCUT2D eigenvalue weighted by molar-refractivity contribution is -0.129. The maximum Gasteiger partial charge on any atom is 0.341 e. The van der Waals surface area contributed by atoms with Gasteiger partial charge in [0.1, 0.15) is 0 Å². The van der Waals surface area contributed by atoms with Gasteiger partial charge in [0.25, 0.3) is 11.7 Å². The second-order valence-electron chi connectivity index (χ2n) is 5.91. The summed E-state index contributed by atoms with van der Waals surface area (Å²) in [6.07, 6.45) is -0.133. The summed E-state index contributed by atoms with van der Waals surface area (Å²) in [6, 6.07) is 13.1. The molecule has 0 bridgehead atoms. The second kappa shape index (κ2) is 10.7. The van der Waals surface area contributed by atoms with Crippen LogP contribution in [0.4, 0.5) is 20.2 Å². The van der Waals surface area contributed by atoms with Gasteiger partial charge in [-0.25, -0.2) is 4.79 Å². The highest BCUT2D eigenvalue weighted by atomic mass is 32.2. The molecular formula is C20H22F2N2O3S. The van der Waals surface area contributed by atoms with E-state index in [2.05, 4.69) is 10.6 Å². The van der Waals surface area contributed by atoms with Crippen molar-refractivity contribution in [1.82, 2.24) is 5.32 Å². The van der Waals surface area contributed by atoms with E-state index in [4.69, 9.17) is 4.74 Å². The Hall–Kier alpha value is -2.61. The Labute approximate surface area is 166 Å². The standard InChI is InChI=1S/C20H22F2N2O3S/c1-3-12-23-18(25)13(2)27-19(26)16-6-4-5-7-17(16)24-14-8-10-15(11-9-14)28-20(21)22/h4-11,13,20,24H,3,12H2,1-2H3,(H,23,25). The smallest absolute Gasteiger partial charge is 0.341 e. The molecular weight excluding hydrogens is 386 g/mol. The summed E-state index contributed by atoms with van der Waals surface area (Å²) in [5.74, 6) is -3.47. The van der Waals surface area contributed by atoms with Gasteiger partial charge in [0.05, 0.1) is 11.3 Å². The molecule has 2 rings (SSSR count). The zero-order valence-corrected chi connectivity index (χ0v) is 16.4. The molecule has 0 aliphatic heterocycles. The highest BCUT2D eigenvalue weighted by Crippen LogP contribution is 2.28. The van der Waals surface area contributed by atoms with Crippen LogP contribution in [0, 0.1) is 0 Å². The number of esters is 1. The molecule has 0 saturated heterocycles. The summed E-state index contributed by atoms with van der Waals surface area (Å²) >= 11 is 0.463. The Morgan fingerprint density at radius 1 is 1.11 bits per heavy atom. The lowest BCUT2D eigenvalue weighted by Gasteiger charge is -2.15. The predicted molar refractivity (Wildman–Crippen MR) is 106 cm³/mol. The van der Waals surface area contributed by atoms with E-state index in [9.17, 15) is 18.4 Å². The van der Waals surface area contributed by atoms with Crippen molar-refractivity contribution < 1.29 is 23.1 Å². The minimum atomic E-state index is -2.48. The largest absolute Gasteiger partial charge is 0.449 e. The number of ether oxygens (including phenoxy) is 1. The zero-order valence-electron chi connectivity index (χ0n) is 15.6. The molecule has 5 nitrogen and oxygen atoms in total. The van der Waals surface area contributed by atoms with Gasteiger partial charge < -0.3 is 15.4 Å². The number of amides is 1. The van der Waals surface area contributed by atoms with Crippen LogP contribution in [0.1, 0.15) is 30.6 Å². The number of thioether (sulfide) groups is 1. The molecule has 150 valence electrons. The number of hydrogen-bond acceptors (Lipinski definition) is 5. The van der Waals surface area contributed by atoms with Crippen molar-refractivity contribution in [1.29, 1.82) is 0 Å². The number of halogens is 2. The summed E-state index contributed by atoms with van der Waals surface area (Å²) in [7, 11) is 0. The second-order valence-corrected chi connectivity index (χ2v) is 6.98. The monoisotopic (exact) mass is 408 g/mol. The quantitative estimate of drug-likeness (QED) is 0.460. The first-order valence-corrected chi connectivity index (χ1v) is 9.68. The van der Waals surface area contributed by atoms with E-state index in [1.807, 2.05) is 6.92 Å². The topological polar surface area (TPSA) is 67.4 Å². The number of benzene rings is 2. The van der Waals surface area contributed by atoms with E-state index in [-0.39, 0.29) is 11.5 Å². The normalized spacial score (nSPS) is 11.8. The molecule has 1 amide bonds. The van der Waals surface area contributed by atoms with E-state index in [1.54, 1.807) is 48.5 Å². The molecule has 8 heteroatoms. The summed E-state index contributed by atoms with van der Waals surface area (Å²) in [6.45, 7) is 3.95. The molecule has 2 N–H and O–H groups in total. The summed E-state index contributed by atoms with van der Waals surface area (Å²) in [5.41, 5.74) is 1.39. The fourth-order valence-corrected chi connectivity index (χ4v) is 2.81. The minimum Gasteiger partial charge on any atom is -0.449 e. The van der Waals surface area contributed by atoms with Gasteiger partial charge in [-0.1, -0.05) is 30.8 Å². The molecule has 2 aromatic carbocycles. The molecule has 1 unspecified atom stereocenters. The summed E-state index contributed by atoms with van der Waals surface area (Å²) in [4.78, 5) is 24.8. The Balaban J connectivity index is 2.07. The average Bonchev–Trinajstić information content (AvgIpc) is 2.67. The van der Waals surface area contributed by atoms with Gasteiger partial charge in [0, 0.05) is 17.1 Å². The van der Waals surface area contributed by atoms with Gasteiger partial charge in [-0.2, -0.15) is 8.78 Å². The van der Waals surface area contributed by atoms with Crippen molar-refractivity contribution in [2.24, 2.45) is 0 Å². The van der Waals surface area contributed by atoms with Gasteiger partial charge in [-0.15, -0.1) is 0 Å². The van der Waals surface area contributed by atoms with Crippen LogP contribution >= 0.6 is 11.8 Å². The number of carbonyl (C=O) groups is 2. The van der Waals surface area contributed by atoms with E-state index in [0.29, 0.717) is 34.6 Å². The van der Waals surface area contributed by atoms with Gasteiger partial charge in [-0.3, -0.25) is 4.79 Å². The first-order valence-electron chi connectivity index (χ1n) is 8.80. The summed E-state index contributed by atoms with van der Waals surface area (Å²) in [5, 5.41) is 5.75. The summed E-state index contributed by atoms with van der Waals surface area (Å²) < 4.78 is 30.1. The zero-order chi connectivity index (χ0) is 20.5. The van der Waals surface area contributed by atoms with Crippen molar-refractivity contribution in [2.75, 3.05) is 11.9 Å². The van der Waals surface area contributed by atoms with Gasteiger partial charge >= 0.3 is 5.97 Å². The number of carbonyl (C=O) groups excluding carboxylic acids is 2. The SMILES string of the molecule is CCCNC(=O)C(C)OC(=O)c1ccccc1Nc1ccc(SC(F)F)cc1. The maximum atomic E-state index is 12.5. The van der Waals surface area contributed by atoms with Crippen LogP contribution in [0.2, 0.25) is 0 Å². The van der Waals surface area contributed by atoms with Crippen LogP contribution in [0.3, 0.4) is 0 Å². The third-order valence-corrected chi connectivity index (χ3v) is 4.43. The van der Waals surface area contributed by atoms with E-state index in [0.717, 1.165) is 6.42 Å². The Morgan fingerprint density at radius 3 is 2.43 bits per heavy atom. The predicted octanol–water partition coefficient (Wildman–Crippen LogP) is 4.82. The molecule has 28 heavy (non-hydrogen) atoms. The molecule has 0 aromatic heterocycles. The van der Waals surface area contributed by atoms with Crippen LogP contribution in [0.5, 0.6) is 0 Å². The number of anilines is 2. The number of rotatable bonds is 9. The molecule has 0 aliphatic rings. The Morgan fingerprint density at radius 2 is 1.79 bits per heavy atom. The van der Waals surface area contributed by atoms with E-state index < -0.39 is 17.8 Å². The van der Waals surface area contributed by atoms with Crippen molar-refractivity contribution >= 4 is 35.0 Å². The van der Waals surface area contributed by atoms with Crippen molar-refractivity contribution in [3.63, 3.8) is 0 Å². The van der Waals surface area contributed by atoms with Crippen LogP contribution in [0.25, 0.3) is 0 Å². The Bertz CT molecular complexity index is 800. The third kappa shape index (κ3) is 6.53. The van der Waals surface area contributed by atoms with Gasteiger partial charge in [0.2, 0.25) is 0 Å². The van der Waals surface area contributed by atoms with Gasteiger partial charge in [0.15, 0.2) is 6.10 Å². The van der Waals surface area contributed by atoms with Crippen LogP contribution in [-0.4, -0.2) is 30.3 Å². The third-order valence-electron chi connectivity index (χ3n) is 3.71. The van der Waals surface area contributed by atoms with Crippen LogP contribution in [-0.2, 0) is 9.53 Å². The van der Waals surface area contributed by atoms with Crippen LogP contribution < -0.4 is 10.6 Å². The number of nitrogens with one attached hydrogen (secondary N) is 2. The van der Waals surface area contributed by atoms with Crippen molar-refractivity contribution in [3.05, 3.63) is 54.1 Å². The number of hydrogen-bond donors (Lipinski definition) is 2. The Kier molecular flexibility index (Phi) is 8.25. The minimum absolute atomic E-state index is 0.267. The molecule has 0 spiro atoms. The molecule has 1 atom stereocenters. The maximum absolute atomic E-state index is 12.5. The fourth-order valence-electron chi connectivity index (χ4n) is 2.31. The molecule has 0 radical (unpaired) electrons. The first-order chi connectivity index (χ1) is 13.4. The van der Waals surface area contributed by atoms with E-state index in [1.165, 1.54) is 6.92 Å². The lowest BCUT2D eigenvalue weighted by atomic mass is 10.1. The molecule has 0 saturated carbocycles. The highest BCUT2D eigenvalue weighted by Gasteiger charge is 2.20. The molecule has 0 heterocycles. The molecule has 0 fully saturated rings. The molecule has 0 aliphatic carbocycles. The number of para-hydroxylation sites is 1. The highest BCUT2D eigenvalue weighted by molar-refractivity contribution is 7.99. The molecule has 2 aromatic rings. The fraction of sp³-hybridized carbons (Fsp3) is 0.300. The first kappa shape index (κ1) is 21.7. The van der Waals surface area contributed by atoms with Crippen molar-refractivity contribution in [3.8, 4) is 0 Å². The van der Waals surface area contributed by atoms with Gasteiger partial charge in [-0.05, 0) is 49.7 Å². The number of alkyl halides is 2. The van der Waals surface area contributed by atoms with E-state index >= 15 is 0 Å². The average molecular weight is 408 g/mol.